The van der Waals surface area contributed by atoms with Gasteiger partial charge in [-0.25, -0.2) is 9.98 Å². The van der Waals surface area contributed by atoms with Crippen LogP contribution in [0.15, 0.2) is 53.5 Å². The van der Waals surface area contributed by atoms with Crippen LogP contribution in [0.25, 0.3) is 11.0 Å². The van der Waals surface area contributed by atoms with Crippen LogP contribution in [0.1, 0.15) is 38.4 Å². The molecule has 0 amide bonds. The molecule has 6 nitrogen and oxygen atoms in total. The van der Waals surface area contributed by atoms with Crippen LogP contribution < -0.4 is 16.0 Å². The summed E-state index contributed by atoms with van der Waals surface area (Å²) in [6, 6.07) is 16.8. The van der Waals surface area contributed by atoms with Gasteiger partial charge in [-0.15, -0.1) is 0 Å². The van der Waals surface area contributed by atoms with E-state index >= 15 is 0 Å². The van der Waals surface area contributed by atoms with Crippen molar-refractivity contribution in [3.05, 3.63) is 54.1 Å². The molecule has 0 bridgehead atoms. The monoisotopic (exact) mass is 362 g/mol. The molecule has 0 spiro atoms. The second kappa shape index (κ2) is 7.31. The van der Waals surface area contributed by atoms with Crippen LogP contribution in [-0.4, -0.2) is 28.6 Å². The first-order valence-electron chi connectivity index (χ1n) is 9.63. The first-order valence-corrected chi connectivity index (χ1v) is 9.63. The highest BCUT2D eigenvalue weighted by atomic mass is 15.4. The number of benzene rings is 2. The number of nitrogens with one attached hydrogen (secondary N) is 1. The molecule has 3 aromatic rings. The van der Waals surface area contributed by atoms with E-state index in [-0.39, 0.29) is 6.17 Å². The lowest BCUT2D eigenvalue weighted by Gasteiger charge is -2.26. The van der Waals surface area contributed by atoms with Crippen LogP contribution in [0, 0.1) is 0 Å². The van der Waals surface area contributed by atoms with Crippen molar-refractivity contribution in [1.29, 1.82) is 0 Å². The zero-order chi connectivity index (χ0) is 18.8. The number of para-hydroxylation sites is 2. The Morgan fingerprint density at radius 1 is 1.04 bits per heavy atom. The second-order valence-electron chi connectivity index (χ2n) is 6.89. The van der Waals surface area contributed by atoms with Crippen LogP contribution in [0.2, 0.25) is 0 Å². The summed E-state index contributed by atoms with van der Waals surface area (Å²) in [4.78, 5) is 11.7. The second-order valence-corrected chi connectivity index (χ2v) is 6.89. The minimum Gasteiger partial charge on any atom is -0.372 e. The average molecular weight is 362 g/mol. The molecule has 3 N–H and O–H groups in total. The minimum absolute atomic E-state index is 0.214. The number of aliphatic imine (C=N–C) groups is 1. The van der Waals surface area contributed by atoms with E-state index in [4.69, 9.17) is 5.73 Å². The lowest BCUT2D eigenvalue weighted by atomic mass is 10.1. The number of anilines is 2. The molecule has 2 heterocycles. The molecule has 27 heavy (non-hydrogen) atoms. The standard InChI is InChI=1S/C21H26N6/c1-3-13-26(14-4-2)16-11-9-15(10-12-16)19-24-20(22)25-21-23-17-7-5-6-8-18(17)27(19)21/h5-12,19H,3-4,13-14H2,1-2H3,(H3,22,23,24,25)/t19-/m0/s1. The SMILES string of the molecule is CCCN(CCC)c1ccc([C@H]2N=C(N)Nc3nc4ccccc4n32)cc1. The topological polar surface area (TPSA) is 71.5 Å². The fourth-order valence-electron chi connectivity index (χ4n) is 3.71. The van der Waals surface area contributed by atoms with Gasteiger partial charge in [0.25, 0.3) is 0 Å². The summed E-state index contributed by atoms with van der Waals surface area (Å²) in [6.07, 6.45) is 2.07. The predicted octanol–water partition coefficient (Wildman–Crippen LogP) is 3.95. The van der Waals surface area contributed by atoms with Crippen molar-refractivity contribution in [2.45, 2.75) is 32.9 Å². The largest absolute Gasteiger partial charge is 0.372 e. The third-order valence-corrected chi connectivity index (χ3v) is 4.89. The van der Waals surface area contributed by atoms with Gasteiger partial charge in [0.2, 0.25) is 5.95 Å². The van der Waals surface area contributed by atoms with E-state index in [1.165, 1.54) is 5.69 Å². The summed E-state index contributed by atoms with van der Waals surface area (Å²) in [7, 11) is 0. The Hall–Kier alpha value is -3.02. The Morgan fingerprint density at radius 3 is 2.44 bits per heavy atom. The number of hydrogen-bond donors (Lipinski definition) is 2. The van der Waals surface area contributed by atoms with E-state index < -0.39 is 0 Å². The lowest BCUT2D eigenvalue weighted by Crippen LogP contribution is -2.31. The van der Waals surface area contributed by atoms with Crippen molar-refractivity contribution in [3.63, 3.8) is 0 Å². The molecule has 6 heteroatoms. The molecule has 0 saturated heterocycles. The summed E-state index contributed by atoms with van der Waals surface area (Å²) in [5.74, 6) is 1.13. The van der Waals surface area contributed by atoms with Crippen molar-refractivity contribution < 1.29 is 0 Å². The highest BCUT2D eigenvalue weighted by Gasteiger charge is 2.25. The maximum atomic E-state index is 6.03. The van der Waals surface area contributed by atoms with Gasteiger partial charge in [-0.3, -0.25) is 9.88 Å². The first-order chi connectivity index (χ1) is 13.2. The van der Waals surface area contributed by atoms with Crippen molar-refractivity contribution in [3.8, 4) is 0 Å². The van der Waals surface area contributed by atoms with Crippen LogP contribution >= 0.6 is 0 Å². The Kier molecular flexibility index (Phi) is 4.71. The third kappa shape index (κ3) is 3.23. The molecule has 0 radical (unpaired) electrons. The molecule has 1 aliphatic rings. The minimum atomic E-state index is -0.214. The Bertz CT molecular complexity index is 950. The van der Waals surface area contributed by atoms with Crippen molar-refractivity contribution >= 4 is 28.6 Å². The fraction of sp³-hybridized carbons (Fsp3) is 0.333. The molecule has 1 aromatic heterocycles. The van der Waals surface area contributed by atoms with Crippen LogP contribution in [0.5, 0.6) is 0 Å². The maximum Gasteiger partial charge on any atom is 0.212 e. The van der Waals surface area contributed by atoms with E-state index in [0.717, 1.165) is 48.5 Å². The number of nitrogens with zero attached hydrogens (tertiary/aromatic N) is 4. The quantitative estimate of drug-likeness (QED) is 0.696. The van der Waals surface area contributed by atoms with Gasteiger partial charge in [0.05, 0.1) is 11.0 Å². The first kappa shape index (κ1) is 17.4. The Labute approximate surface area is 159 Å². The highest BCUT2D eigenvalue weighted by Crippen LogP contribution is 2.33. The summed E-state index contributed by atoms with van der Waals surface area (Å²) < 4.78 is 2.11. The van der Waals surface area contributed by atoms with Gasteiger partial charge in [-0.1, -0.05) is 38.1 Å². The summed E-state index contributed by atoms with van der Waals surface area (Å²) in [6.45, 7) is 6.58. The van der Waals surface area contributed by atoms with E-state index in [2.05, 4.69) is 68.9 Å². The molecular formula is C21H26N6. The molecule has 0 fully saturated rings. The van der Waals surface area contributed by atoms with Gasteiger partial charge in [0, 0.05) is 18.8 Å². The Morgan fingerprint density at radius 2 is 1.74 bits per heavy atom. The molecule has 0 unspecified atom stereocenters. The van der Waals surface area contributed by atoms with Gasteiger partial charge in [-0.2, -0.15) is 0 Å². The van der Waals surface area contributed by atoms with E-state index in [0.29, 0.717) is 5.96 Å². The normalized spacial score (nSPS) is 15.9. The molecule has 4 rings (SSSR count). The van der Waals surface area contributed by atoms with Crippen LogP contribution in [0.4, 0.5) is 11.6 Å². The zero-order valence-electron chi connectivity index (χ0n) is 15.9. The van der Waals surface area contributed by atoms with Crippen molar-refractivity contribution in [2.24, 2.45) is 10.7 Å². The summed E-state index contributed by atoms with van der Waals surface area (Å²) >= 11 is 0. The fourth-order valence-corrected chi connectivity index (χ4v) is 3.71. The number of guanidine groups is 1. The zero-order valence-corrected chi connectivity index (χ0v) is 15.9. The number of hydrogen-bond acceptors (Lipinski definition) is 5. The molecule has 140 valence electrons. The molecule has 2 aromatic carbocycles. The molecule has 1 aliphatic heterocycles. The predicted molar refractivity (Wildman–Crippen MR) is 112 cm³/mol. The average Bonchev–Trinajstić information content (AvgIpc) is 3.05. The van der Waals surface area contributed by atoms with Gasteiger partial charge in [0.15, 0.2) is 12.1 Å². The Balaban J connectivity index is 1.72. The number of rotatable bonds is 6. The lowest BCUT2D eigenvalue weighted by molar-refractivity contribution is 0.626. The number of fused-ring (bicyclic) bond motifs is 3. The van der Waals surface area contributed by atoms with Crippen LogP contribution in [-0.2, 0) is 0 Å². The molecule has 0 aliphatic carbocycles. The third-order valence-electron chi connectivity index (χ3n) is 4.89. The smallest absolute Gasteiger partial charge is 0.212 e. The number of imidazole rings is 1. The van der Waals surface area contributed by atoms with Gasteiger partial charge >= 0.3 is 0 Å². The van der Waals surface area contributed by atoms with E-state index in [1.807, 2.05) is 18.2 Å². The van der Waals surface area contributed by atoms with E-state index in [1.54, 1.807) is 0 Å². The number of nitrogens with two attached hydrogens (primary N) is 1. The van der Waals surface area contributed by atoms with Crippen LogP contribution in [0.3, 0.4) is 0 Å². The van der Waals surface area contributed by atoms with Crippen molar-refractivity contribution in [1.82, 2.24) is 9.55 Å². The number of aromatic nitrogens is 2. The van der Waals surface area contributed by atoms with Crippen molar-refractivity contribution in [2.75, 3.05) is 23.3 Å². The highest BCUT2D eigenvalue weighted by molar-refractivity contribution is 5.94. The van der Waals surface area contributed by atoms with Gasteiger partial charge < -0.3 is 10.6 Å². The summed E-state index contributed by atoms with van der Waals surface area (Å²) in [5, 5.41) is 3.08. The summed E-state index contributed by atoms with van der Waals surface area (Å²) in [5.41, 5.74) is 10.4. The molecule has 1 atom stereocenters. The maximum absolute atomic E-state index is 6.03. The molecule has 0 saturated carbocycles. The van der Waals surface area contributed by atoms with E-state index in [9.17, 15) is 0 Å². The van der Waals surface area contributed by atoms with Gasteiger partial charge in [-0.05, 0) is 42.7 Å². The van der Waals surface area contributed by atoms with Gasteiger partial charge in [0.1, 0.15) is 0 Å². The molecular weight excluding hydrogens is 336 g/mol.